The lowest BCUT2D eigenvalue weighted by Gasteiger charge is -2.03. The number of thioether (sulfide) groups is 1. The molecular formula is C13H9F3S. The molecule has 0 heterocycles. The Hall–Kier alpha value is -1.42. The average molecular weight is 254 g/mol. The van der Waals surface area contributed by atoms with Crippen LogP contribution >= 0.6 is 11.8 Å². The zero-order valence-electron chi connectivity index (χ0n) is 8.79. The Bertz CT molecular complexity index is 506. The molecule has 2 aromatic carbocycles. The number of benzene rings is 2. The summed E-state index contributed by atoms with van der Waals surface area (Å²) in [6.45, 7) is 0. The third-order valence-corrected chi connectivity index (χ3v) is 3.21. The lowest BCUT2D eigenvalue weighted by atomic mass is 10.2. The first-order valence-electron chi connectivity index (χ1n) is 4.97. The van der Waals surface area contributed by atoms with Crippen molar-refractivity contribution in [3.05, 3.63) is 65.5 Å². The summed E-state index contributed by atoms with van der Waals surface area (Å²) in [4.78, 5) is 0.450. The van der Waals surface area contributed by atoms with Crippen molar-refractivity contribution in [3.63, 3.8) is 0 Å². The fraction of sp³-hybridized carbons (Fsp3) is 0.0769. The summed E-state index contributed by atoms with van der Waals surface area (Å²) in [5.74, 6) is -1.21. The lowest BCUT2D eigenvalue weighted by Crippen LogP contribution is -1.87. The van der Waals surface area contributed by atoms with E-state index in [1.54, 1.807) is 18.2 Å². The minimum absolute atomic E-state index is 0.308. The molecule has 0 aliphatic carbocycles. The Balaban J connectivity index is 2.10. The van der Waals surface area contributed by atoms with Gasteiger partial charge >= 0.3 is 0 Å². The van der Waals surface area contributed by atoms with Gasteiger partial charge < -0.3 is 0 Å². The maximum atomic E-state index is 13.3. The Morgan fingerprint density at radius 2 is 1.53 bits per heavy atom. The van der Waals surface area contributed by atoms with Crippen LogP contribution in [0.1, 0.15) is 5.56 Å². The summed E-state index contributed by atoms with van der Waals surface area (Å²) in [6.07, 6.45) is 0. The quantitative estimate of drug-likeness (QED) is 0.732. The van der Waals surface area contributed by atoms with Crippen LogP contribution < -0.4 is 0 Å². The molecule has 2 aromatic rings. The summed E-state index contributed by atoms with van der Waals surface area (Å²) < 4.78 is 39.1. The van der Waals surface area contributed by atoms with Crippen molar-refractivity contribution >= 4 is 11.8 Å². The predicted molar refractivity (Wildman–Crippen MR) is 62.3 cm³/mol. The van der Waals surface area contributed by atoms with E-state index in [0.29, 0.717) is 16.2 Å². The van der Waals surface area contributed by atoms with Crippen LogP contribution in [0.25, 0.3) is 0 Å². The van der Waals surface area contributed by atoms with Crippen molar-refractivity contribution in [2.75, 3.05) is 0 Å². The predicted octanol–water partition coefficient (Wildman–Crippen LogP) is 4.40. The van der Waals surface area contributed by atoms with Gasteiger partial charge in [0, 0.05) is 16.7 Å². The van der Waals surface area contributed by atoms with Crippen LogP contribution in [0.3, 0.4) is 0 Å². The van der Waals surface area contributed by atoms with Gasteiger partial charge in [-0.3, -0.25) is 0 Å². The number of rotatable bonds is 3. The number of halogens is 3. The summed E-state index contributed by atoms with van der Waals surface area (Å²) in [6, 6.07) is 9.62. The van der Waals surface area contributed by atoms with Gasteiger partial charge in [0.1, 0.15) is 17.5 Å². The number of hydrogen-bond donors (Lipinski definition) is 0. The van der Waals surface area contributed by atoms with Crippen molar-refractivity contribution in [2.45, 2.75) is 10.6 Å². The first-order chi connectivity index (χ1) is 8.15. The first kappa shape index (κ1) is 12.0. The molecule has 17 heavy (non-hydrogen) atoms. The van der Waals surface area contributed by atoms with Crippen LogP contribution in [0.5, 0.6) is 0 Å². The molecule has 0 aliphatic rings. The van der Waals surface area contributed by atoms with Crippen LogP contribution in [-0.4, -0.2) is 0 Å². The molecule has 0 unspecified atom stereocenters. The molecule has 88 valence electrons. The smallest absolute Gasteiger partial charge is 0.127 e. The molecule has 0 aliphatic heterocycles. The summed E-state index contributed by atoms with van der Waals surface area (Å²) in [5, 5.41) is 0. The highest BCUT2D eigenvalue weighted by Crippen LogP contribution is 2.25. The summed E-state index contributed by atoms with van der Waals surface area (Å²) >= 11 is 1.20. The largest absolute Gasteiger partial charge is 0.207 e. The molecule has 4 heteroatoms. The third-order valence-electron chi connectivity index (χ3n) is 2.19. The molecule has 0 spiro atoms. The minimum Gasteiger partial charge on any atom is -0.207 e. The van der Waals surface area contributed by atoms with Crippen LogP contribution in [0.2, 0.25) is 0 Å². The molecule has 0 radical (unpaired) electrons. The summed E-state index contributed by atoms with van der Waals surface area (Å²) in [5.41, 5.74) is 0.516. The second-order valence-electron chi connectivity index (χ2n) is 3.49. The van der Waals surface area contributed by atoms with Gasteiger partial charge in [0.15, 0.2) is 0 Å². The van der Waals surface area contributed by atoms with E-state index in [4.69, 9.17) is 0 Å². The maximum absolute atomic E-state index is 13.3. The Morgan fingerprint density at radius 1 is 0.882 bits per heavy atom. The van der Waals surface area contributed by atoms with E-state index >= 15 is 0 Å². The molecular weight excluding hydrogens is 245 g/mol. The van der Waals surface area contributed by atoms with Crippen LogP contribution in [-0.2, 0) is 5.75 Å². The molecule has 0 saturated heterocycles. The van der Waals surface area contributed by atoms with Crippen molar-refractivity contribution in [1.29, 1.82) is 0 Å². The van der Waals surface area contributed by atoms with E-state index in [-0.39, 0.29) is 5.82 Å². The third kappa shape index (κ3) is 3.27. The number of hydrogen-bond acceptors (Lipinski definition) is 1. The Morgan fingerprint density at radius 3 is 2.18 bits per heavy atom. The standard InChI is InChI=1S/C13H9F3S/c14-10-5-11(15)7-12(6-10)17-8-9-3-1-2-4-13(9)16/h1-7H,8H2. The molecule has 0 bridgehead atoms. The van der Waals surface area contributed by atoms with Gasteiger partial charge in [-0.05, 0) is 23.8 Å². The average Bonchev–Trinajstić information content (AvgIpc) is 2.27. The zero-order chi connectivity index (χ0) is 12.3. The normalized spacial score (nSPS) is 10.5. The molecule has 2 rings (SSSR count). The van der Waals surface area contributed by atoms with Crippen molar-refractivity contribution in [3.8, 4) is 0 Å². The van der Waals surface area contributed by atoms with E-state index in [9.17, 15) is 13.2 Å². The van der Waals surface area contributed by atoms with Gasteiger partial charge in [0.25, 0.3) is 0 Å². The zero-order valence-corrected chi connectivity index (χ0v) is 9.61. The highest BCUT2D eigenvalue weighted by Gasteiger charge is 2.04. The van der Waals surface area contributed by atoms with Gasteiger partial charge in [-0.15, -0.1) is 11.8 Å². The highest BCUT2D eigenvalue weighted by atomic mass is 32.2. The van der Waals surface area contributed by atoms with E-state index < -0.39 is 11.6 Å². The molecule has 0 saturated carbocycles. The van der Waals surface area contributed by atoms with Crippen molar-refractivity contribution < 1.29 is 13.2 Å². The monoisotopic (exact) mass is 254 g/mol. The van der Waals surface area contributed by atoms with Crippen LogP contribution in [0.4, 0.5) is 13.2 Å². The topological polar surface area (TPSA) is 0 Å². The van der Waals surface area contributed by atoms with E-state index in [0.717, 1.165) is 6.07 Å². The Kier molecular flexibility index (Phi) is 3.74. The Labute approximate surface area is 101 Å². The highest BCUT2D eigenvalue weighted by molar-refractivity contribution is 7.98. The second-order valence-corrected chi connectivity index (χ2v) is 4.53. The van der Waals surface area contributed by atoms with Gasteiger partial charge in [0.2, 0.25) is 0 Å². The van der Waals surface area contributed by atoms with E-state index in [2.05, 4.69) is 0 Å². The SMILES string of the molecule is Fc1cc(F)cc(SCc2ccccc2F)c1. The fourth-order valence-electron chi connectivity index (χ4n) is 1.39. The van der Waals surface area contributed by atoms with Gasteiger partial charge in [-0.25, -0.2) is 13.2 Å². The van der Waals surface area contributed by atoms with Crippen molar-refractivity contribution in [1.82, 2.24) is 0 Å². The minimum atomic E-state index is -0.624. The second kappa shape index (κ2) is 5.27. The van der Waals surface area contributed by atoms with Crippen LogP contribution in [0.15, 0.2) is 47.4 Å². The lowest BCUT2D eigenvalue weighted by molar-refractivity contribution is 0.577. The van der Waals surface area contributed by atoms with Gasteiger partial charge in [-0.1, -0.05) is 18.2 Å². The van der Waals surface area contributed by atoms with Crippen molar-refractivity contribution in [2.24, 2.45) is 0 Å². The summed E-state index contributed by atoms with van der Waals surface area (Å²) in [7, 11) is 0. The maximum Gasteiger partial charge on any atom is 0.127 e. The molecule has 0 atom stereocenters. The van der Waals surface area contributed by atoms with E-state index in [1.807, 2.05) is 0 Å². The fourth-order valence-corrected chi connectivity index (χ4v) is 2.34. The molecule has 0 N–H and O–H groups in total. The first-order valence-corrected chi connectivity index (χ1v) is 5.96. The van der Waals surface area contributed by atoms with Gasteiger partial charge in [-0.2, -0.15) is 0 Å². The van der Waals surface area contributed by atoms with Gasteiger partial charge in [0.05, 0.1) is 0 Å². The molecule has 0 amide bonds. The van der Waals surface area contributed by atoms with Crippen LogP contribution in [0, 0.1) is 17.5 Å². The molecule has 0 fully saturated rings. The molecule has 0 aromatic heterocycles. The molecule has 0 nitrogen and oxygen atoms in total. The van der Waals surface area contributed by atoms with E-state index in [1.165, 1.54) is 30.0 Å².